The molecule has 4 heteroatoms. The highest BCUT2D eigenvalue weighted by Crippen LogP contribution is 2.23. The predicted octanol–water partition coefficient (Wildman–Crippen LogP) is 1.35. The molecule has 62 valence electrons. The highest BCUT2D eigenvalue weighted by Gasteiger charge is 2.17. The molecule has 0 fully saturated rings. The van der Waals surface area contributed by atoms with E-state index in [0.717, 1.165) is 12.2 Å². The van der Waals surface area contributed by atoms with Crippen LogP contribution in [-0.2, 0) is 0 Å². The van der Waals surface area contributed by atoms with Crippen molar-refractivity contribution < 1.29 is 0 Å². The average molecular weight is 154 g/mol. The quantitative estimate of drug-likeness (QED) is 0.715. The summed E-state index contributed by atoms with van der Waals surface area (Å²) in [6.07, 6.45) is 1.07. The molecule has 0 aliphatic carbocycles. The van der Waals surface area contributed by atoms with Gasteiger partial charge in [0.2, 0.25) is 0 Å². The summed E-state index contributed by atoms with van der Waals surface area (Å²) in [6.45, 7) is 6.48. The molecule has 1 heterocycles. The van der Waals surface area contributed by atoms with Crippen LogP contribution in [0.3, 0.4) is 0 Å². The van der Waals surface area contributed by atoms with E-state index < -0.39 is 0 Å². The summed E-state index contributed by atoms with van der Waals surface area (Å²) in [5, 5.41) is 13.9. The Labute approximate surface area is 66.4 Å². The van der Waals surface area contributed by atoms with Crippen molar-refractivity contribution in [3.63, 3.8) is 0 Å². The Morgan fingerprint density at radius 1 is 1.45 bits per heavy atom. The topological polar surface area (TPSA) is 54.5 Å². The number of H-pyrrole nitrogens is 1. The van der Waals surface area contributed by atoms with E-state index in [1.54, 1.807) is 0 Å². The third kappa shape index (κ3) is 1.76. The van der Waals surface area contributed by atoms with Crippen LogP contribution in [0.5, 0.6) is 0 Å². The monoisotopic (exact) mass is 154 g/mol. The maximum absolute atomic E-state index is 3.96. The van der Waals surface area contributed by atoms with Crippen LogP contribution in [0.1, 0.15) is 38.9 Å². The van der Waals surface area contributed by atoms with Gasteiger partial charge < -0.3 is 0 Å². The molecule has 1 N–H and O–H groups in total. The van der Waals surface area contributed by atoms with Crippen LogP contribution >= 0.6 is 0 Å². The van der Waals surface area contributed by atoms with Gasteiger partial charge in [-0.2, -0.15) is 5.21 Å². The van der Waals surface area contributed by atoms with Gasteiger partial charge in [-0.1, -0.05) is 26.0 Å². The first-order valence-corrected chi connectivity index (χ1v) is 3.99. The van der Waals surface area contributed by atoms with Crippen molar-refractivity contribution in [1.82, 2.24) is 20.6 Å². The Kier molecular flexibility index (Phi) is 2.57. The lowest BCUT2D eigenvalue weighted by atomic mass is 9.93. The Hall–Kier alpha value is -0.930. The van der Waals surface area contributed by atoms with Gasteiger partial charge in [-0.15, -0.1) is 10.2 Å². The number of nitrogens with one attached hydrogen (secondary N) is 1. The molecule has 1 rings (SSSR count). The number of hydrogen-bond acceptors (Lipinski definition) is 3. The van der Waals surface area contributed by atoms with Crippen molar-refractivity contribution in [3.05, 3.63) is 5.82 Å². The van der Waals surface area contributed by atoms with Crippen molar-refractivity contribution in [2.24, 2.45) is 5.92 Å². The minimum Gasteiger partial charge on any atom is -0.177 e. The lowest BCUT2D eigenvalue weighted by molar-refractivity contribution is 0.463. The second-order valence-electron chi connectivity index (χ2n) is 3.03. The predicted molar refractivity (Wildman–Crippen MR) is 42.0 cm³/mol. The third-order valence-electron chi connectivity index (χ3n) is 1.94. The highest BCUT2D eigenvalue weighted by molar-refractivity contribution is 4.91. The van der Waals surface area contributed by atoms with Gasteiger partial charge in [0.05, 0.1) is 0 Å². The van der Waals surface area contributed by atoms with Crippen molar-refractivity contribution in [1.29, 1.82) is 0 Å². The number of aromatic nitrogens is 4. The summed E-state index contributed by atoms with van der Waals surface area (Å²) in [5.74, 6) is 1.86. The summed E-state index contributed by atoms with van der Waals surface area (Å²) in [6, 6.07) is 0. The summed E-state index contributed by atoms with van der Waals surface area (Å²) >= 11 is 0. The molecule has 0 aliphatic rings. The van der Waals surface area contributed by atoms with E-state index in [0.29, 0.717) is 11.8 Å². The molecule has 0 bridgehead atoms. The smallest absolute Gasteiger partial charge is 0.177 e. The SMILES string of the molecule is CCC(c1nn[nH]n1)C(C)C. The molecule has 0 spiro atoms. The second kappa shape index (κ2) is 3.46. The van der Waals surface area contributed by atoms with Crippen LogP contribution in [0.4, 0.5) is 0 Å². The van der Waals surface area contributed by atoms with Crippen LogP contribution in [0.25, 0.3) is 0 Å². The van der Waals surface area contributed by atoms with Gasteiger partial charge in [0.25, 0.3) is 0 Å². The number of hydrogen-bond donors (Lipinski definition) is 1. The van der Waals surface area contributed by atoms with Gasteiger partial charge in [0, 0.05) is 5.92 Å². The summed E-state index contributed by atoms with van der Waals surface area (Å²) in [4.78, 5) is 0. The molecule has 0 aliphatic heterocycles. The third-order valence-corrected chi connectivity index (χ3v) is 1.94. The summed E-state index contributed by atoms with van der Waals surface area (Å²) in [5.41, 5.74) is 0. The Bertz CT molecular complexity index is 192. The highest BCUT2D eigenvalue weighted by atomic mass is 15.5. The molecular weight excluding hydrogens is 140 g/mol. The van der Waals surface area contributed by atoms with Gasteiger partial charge in [0.1, 0.15) is 0 Å². The molecule has 0 amide bonds. The van der Waals surface area contributed by atoms with Crippen molar-refractivity contribution >= 4 is 0 Å². The standard InChI is InChI=1S/C7H14N4/c1-4-6(5(2)3)7-8-10-11-9-7/h5-6H,4H2,1-3H3,(H,8,9,10,11). The zero-order chi connectivity index (χ0) is 8.27. The minimum atomic E-state index is 0.439. The fourth-order valence-corrected chi connectivity index (χ4v) is 1.28. The van der Waals surface area contributed by atoms with Gasteiger partial charge in [-0.3, -0.25) is 0 Å². The fraction of sp³-hybridized carbons (Fsp3) is 0.857. The first-order valence-electron chi connectivity index (χ1n) is 3.99. The first kappa shape index (κ1) is 8.17. The van der Waals surface area contributed by atoms with Gasteiger partial charge in [-0.25, -0.2) is 0 Å². The van der Waals surface area contributed by atoms with Crippen LogP contribution in [-0.4, -0.2) is 20.6 Å². The Morgan fingerprint density at radius 2 is 2.18 bits per heavy atom. The molecule has 0 saturated carbocycles. The van der Waals surface area contributed by atoms with E-state index in [1.807, 2.05) is 0 Å². The van der Waals surface area contributed by atoms with Crippen LogP contribution in [0.2, 0.25) is 0 Å². The van der Waals surface area contributed by atoms with E-state index in [9.17, 15) is 0 Å². The molecule has 1 aromatic heterocycles. The molecule has 0 aromatic carbocycles. The normalized spacial score (nSPS) is 13.8. The molecule has 1 aromatic rings. The number of rotatable bonds is 3. The zero-order valence-corrected chi connectivity index (χ0v) is 7.20. The minimum absolute atomic E-state index is 0.439. The van der Waals surface area contributed by atoms with E-state index in [-0.39, 0.29) is 0 Å². The van der Waals surface area contributed by atoms with E-state index in [2.05, 4.69) is 41.4 Å². The maximum atomic E-state index is 3.96. The average Bonchev–Trinajstić information content (AvgIpc) is 2.40. The first-order chi connectivity index (χ1) is 5.25. The van der Waals surface area contributed by atoms with Crippen LogP contribution in [0, 0.1) is 5.92 Å². The van der Waals surface area contributed by atoms with Gasteiger partial charge >= 0.3 is 0 Å². The van der Waals surface area contributed by atoms with E-state index in [4.69, 9.17) is 0 Å². The van der Waals surface area contributed by atoms with E-state index in [1.165, 1.54) is 0 Å². The van der Waals surface area contributed by atoms with Crippen molar-refractivity contribution in [3.8, 4) is 0 Å². The van der Waals surface area contributed by atoms with Crippen molar-refractivity contribution in [2.75, 3.05) is 0 Å². The fourth-order valence-electron chi connectivity index (χ4n) is 1.28. The Balaban J connectivity index is 2.71. The largest absolute Gasteiger partial charge is 0.177 e. The second-order valence-corrected chi connectivity index (χ2v) is 3.03. The molecule has 1 atom stereocenters. The van der Waals surface area contributed by atoms with Crippen molar-refractivity contribution in [2.45, 2.75) is 33.1 Å². The van der Waals surface area contributed by atoms with E-state index >= 15 is 0 Å². The molecule has 4 nitrogen and oxygen atoms in total. The summed E-state index contributed by atoms with van der Waals surface area (Å²) in [7, 11) is 0. The summed E-state index contributed by atoms with van der Waals surface area (Å²) < 4.78 is 0. The molecule has 0 radical (unpaired) electrons. The molecular formula is C7H14N4. The molecule has 0 saturated heterocycles. The number of aromatic amines is 1. The van der Waals surface area contributed by atoms with Crippen LogP contribution < -0.4 is 0 Å². The molecule has 1 unspecified atom stereocenters. The zero-order valence-electron chi connectivity index (χ0n) is 7.20. The van der Waals surface area contributed by atoms with Gasteiger partial charge in [0.15, 0.2) is 5.82 Å². The maximum Gasteiger partial charge on any atom is 0.177 e. The lowest BCUT2D eigenvalue weighted by Crippen LogP contribution is -2.07. The molecule has 11 heavy (non-hydrogen) atoms. The lowest BCUT2D eigenvalue weighted by Gasteiger charge is -2.13. The van der Waals surface area contributed by atoms with Gasteiger partial charge in [-0.05, 0) is 12.3 Å². The Morgan fingerprint density at radius 3 is 2.55 bits per heavy atom. The van der Waals surface area contributed by atoms with Crippen LogP contribution in [0.15, 0.2) is 0 Å². The number of nitrogens with zero attached hydrogens (tertiary/aromatic N) is 3. The number of tetrazole rings is 1.